The molecule has 2 nitrogen and oxygen atoms in total. The summed E-state index contributed by atoms with van der Waals surface area (Å²) in [6.45, 7) is 6.62. The fourth-order valence-corrected chi connectivity index (χ4v) is 1.71. The highest BCUT2D eigenvalue weighted by Crippen LogP contribution is 2.30. The molecule has 1 rings (SSSR count). The number of thiazole rings is 1. The van der Waals surface area contributed by atoms with Crippen LogP contribution in [0.4, 0.5) is 5.13 Å². The molecule has 0 aromatic carbocycles. The molecule has 0 spiro atoms. The predicted molar refractivity (Wildman–Crippen MR) is 55.1 cm³/mol. The molecular formula is C9H16N2S. The van der Waals surface area contributed by atoms with Gasteiger partial charge in [-0.2, -0.15) is 0 Å². The van der Waals surface area contributed by atoms with E-state index < -0.39 is 0 Å². The van der Waals surface area contributed by atoms with Gasteiger partial charge in [-0.3, -0.25) is 0 Å². The first-order chi connectivity index (χ1) is 5.41. The Balaban J connectivity index is 2.92. The molecule has 0 aliphatic carbocycles. The van der Waals surface area contributed by atoms with Crippen LogP contribution in [0.2, 0.25) is 0 Å². The number of aromatic nitrogens is 1. The molecule has 3 heteroatoms. The normalized spacial score (nSPS) is 11.8. The van der Waals surface area contributed by atoms with E-state index in [0.29, 0.717) is 0 Å². The zero-order valence-electron chi connectivity index (χ0n) is 8.38. The third-order valence-corrected chi connectivity index (χ3v) is 3.21. The minimum absolute atomic E-state index is 0.228. The van der Waals surface area contributed by atoms with Crippen molar-refractivity contribution in [2.24, 2.45) is 0 Å². The molecule has 0 saturated heterocycles. The SMILES string of the molecule is CN(C)c1ncc(C(C)(C)C)s1. The Labute approximate surface area is 78.2 Å². The van der Waals surface area contributed by atoms with E-state index in [-0.39, 0.29) is 5.41 Å². The van der Waals surface area contributed by atoms with E-state index in [9.17, 15) is 0 Å². The first-order valence-corrected chi connectivity index (χ1v) is 4.86. The molecule has 0 fully saturated rings. The molecule has 0 bridgehead atoms. The average molecular weight is 184 g/mol. The van der Waals surface area contributed by atoms with E-state index in [1.807, 2.05) is 25.2 Å². The maximum atomic E-state index is 4.33. The number of rotatable bonds is 1. The molecule has 1 aromatic heterocycles. The first kappa shape index (κ1) is 9.52. The third kappa shape index (κ3) is 1.97. The molecule has 68 valence electrons. The second kappa shape index (κ2) is 3.05. The minimum atomic E-state index is 0.228. The van der Waals surface area contributed by atoms with Gasteiger partial charge in [-0.1, -0.05) is 20.8 Å². The van der Waals surface area contributed by atoms with E-state index in [0.717, 1.165) is 5.13 Å². The van der Waals surface area contributed by atoms with Gasteiger partial charge in [-0.25, -0.2) is 4.98 Å². The van der Waals surface area contributed by atoms with Gasteiger partial charge < -0.3 is 4.90 Å². The quantitative estimate of drug-likeness (QED) is 0.666. The molecule has 0 aliphatic heterocycles. The van der Waals surface area contributed by atoms with Gasteiger partial charge in [0.25, 0.3) is 0 Å². The summed E-state index contributed by atoms with van der Waals surface area (Å²) < 4.78 is 0. The van der Waals surface area contributed by atoms with Gasteiger partial charge in [0, 0.05) is 25.2 Å². The molecule has 0 unspecified atom stereocenters. The van der Waals surface area contributed by atoms with Gasteiger partial charge in [0.05, 0.1) is 0 Å². The lowest BCUT2D eigenvalue weighted by atomic mass is 9.96. The molecule has 0 saturated carbocycles. The van der Waals surface area contributed by atoms with Gasteiger partial charge in [0.1, 0.15) is 0 Å². The maximum Gasteiger partial charge on any atom is 0.184 e. The van der Waals surface area contributed by atoms with Crippen LogP contribution < -0.4 is 4.90 Å². The third-order valence-electron chi connectivity index (χ3n) is 1.62. The van der Waals surface area contributed by atoms with Crippen LogP contribution >= 0.6 is 11.3 Å². The lowest BCUT2D eigenvalue weighted by molar-refractivity contribution is 0.602. The molecule has 1 aromatic rings. The smallest absolute Gasteiger partial charge is 0.184 e. The molecule has 0 amide bonds. The van der Waals surface area contributed by atoms with Crippen molar-refractivity contribution >= 4 is 16.5 Å². The van der Waals surface area contributed by atoms with E-state index in [4.69, 9.17) is 0 Å². The van der Waals surface area contributed by atoms with Crippen molar-refractivity contribution in [1.82, 2.24) is 4.98 Å². The van der Waals surface area contributed by atoms with Gasteiger partial charge in [-0.15, -0.1) is 11.3 Å². The Hall–Kier alpha value is -0.570. The largest absolute Gasteiger partial charge is 0.354 e. The molecular weight excluding hydrogens is 168 g/mol. The summed E-state index contributed by atoms with van der Waals surface area (Å²) in [5.41, 5.74) is 0.228. The van der Waals surface area contributed by atoms with Crippen molar-refractivity contribution in [3.63, 3.8) is 0 Å². The van der Waals surface area contributed by atoms with Crippen molar-refractivity contribution in [3.8, 4) is 0 Å². The fraction of sp³-hybridized carbons (Fsp3) is 0.667. The molecule has 0 aliphatic rings. The van der Waals surface area contributed by atoms with Crippen molar-refractivity contribution < 1.29 is 0 Å². The first-order valence-electron chi connectivity index (χ1n) is 4.05. The lowest BCUT2D eigenvalue weighted by Crippen LogP contribution is -2.08. The minimum Gasteiger partial charge on any atom is -0.354 e. The number of hydrogen-bond donors (Lipinski definition) is 0. The van der Waals surface area contributed by atoms with Gasteiger partial charge in [0.2, 0.25) is 0 Å². The summed E-state index contributed by atoms with van der Waals surface area (Å²) >= 11 is 1.76. The van der Waals surface area contributed by atoms with Crippen LogP contribution in [-0.2, 0) is 5.41 Å². The van der Waals surface area contributed by atoms with Crippen LogP contribution in [0.15, 0.2) is 6.20 Å². The predicted octanol–water partition coefficient (Wildman–Crippen LogP) is 2.51. The Morgan fingerprint density at radius 1 is 1.33 bits per heavy atom. The van der Waals surface area contributed by atoms with E-state index >= 15 is 0 Å². The monoisotopic (exact) mass is 184 g/mol. The Morgan fingerprint density at radius 3 is 2.17 bits per heavy atom. The summed E-state index contributed by atoms with van der Waals surface area (Å²) in [6.07, 6.45) is 1.97. The highest BCUT2D eigenvalue weighted by atomic mass is 32.1. The maximum absolute atomic E-state index is 4.33. The average Bonchev–Trinajstić information content (AvgIpc) is 2.30. The standard InChI is InChI=1S/C9H16N2S/c1-9(2,3)7-6-10-8(12-7)11(4)5/h6H,1-5H3. The molecule has 0 atom stereocenters. The van der Waals surface area contributed by atoms with Crippen LogP contribution in [0.5, 0.6) is 0 Å². The number of nitrogens with zero attached hydrogens (tertiary/aromatic N) is 2. The van der Waals surface area contributed by atoms with Crippen LogP contribution in [0.3, 0.4) is 0 Å². The molecule has 1 heterocycles. The van der Waals surface area contributed by atoms with Crippen molar-refractivity contribution in [2.45, 2.75) is 26.2 Å². The highest BCUT2D eigenvalue weighted by Gasteiger charge is 2.17. The Kier molecular flexibility index (Phi) is 2.42. The van der Waals surface area contributed by atoms with E-state index in [2.05, 4.69) is 25.8 Å². The van der Waals surface area contributed by atoms with Crippen LogP contribution in [-0.4, -0.2) is 19.1 Å². The highest BCUT2D eigenvalue weighted by molar-refractivity contribution is 7.15. The van der Waals surface area contributed by atoms with Crippen molar-refractivity contribution in [2.75, 3.05) is 19.0 Å². The van der Waals surface area contributed by atoms with Gasteiger partial charge >= 0.3 is 0 Å². The summed E-state index contributed by atoms with van der Waals surface area (Å²) in [5.74, 6) is 0. The summed E-state index contributed by atoms with van der Waals surface area (Å²) in [6, 6.07) is 0. The lowest BCUT2D eigenvalue weighted by Gasteiger charge is -2.14. The number of hydrogen-bond acceptors (Lipinski definition) is 3. The van der Waals surface area contributed by atoms with Crippen LogP contribution in [0.1, 0.15) is 25.6 Å². The zero-order valence-corrected chi connectivity index (χ0v) is 9.20. The topological polar surface area (TPSA) is 16.1 Å². The van der Waals surface area contributed by atoms with E-state index in [1.165, 1.54) is 4.88 Å². The summed E-state index contributed by atoms with van der Waals surface area (Å²) in [5, 5.41) is 1.08. The van der Waals surface area contributed by atoms with Crippen molar-refractivity contribution in [1.29, 1.82) is 0 Å². The van der Waals surface area contributed by atoms with Gasteiger partial charge in [-0.05, 0) is 5.41 Å². The second-order valence-electron chi connectivity index (χ2n) is 4.15. The Morgan fingerprint density at radius 2 is 1.92 bits per heavy atom. The van der Waals surface area contributed by atoms with E-state index in [1.54, 1.807) is 11.3 Å². The zero-order chi connectivity index (χ0) is 9.35. The Bertz CT molecular complexity index is 258. The van der Waals surface area contributed by atoms with Crippen molar-refractivity contribution in [3.05, 3.63) is 11.1 Å². The summed E-state index contributed by atoms with van der Waals surface area (Å²) in [4.78, 5) is 7.71. The van der Waals surface area contributed by atoms with Crippen LogP contribution in [0, 0.1) is 0 Å². The second-order valence-corrected chi connectivity index (χ2v) is 5.16. The molecule has 0 radical (unpaired) electrons. The van der Waals surface area contributed by atoms with Crippen LogP contribution in [0.25, 0.3) is 0 Å². The summed E-state index contributed by atoms with van der Waals surface area (Å²) in [7, 11) is 4.04. The fourth-order valence-electron chi connectivity index (χ4n) is 0.818. The van der Waals surface area contributed by atoms with Gasteiger partial charge in [0.15, 0.2) is 5.13 Å². The number of anilines is 1. The molecule has 0 N–H and O–H groups in total. The molecule has 12 heavy (non-hydrogen) atoms.